The Morgan fingerprint density at radius 2 is 1.67 bits per heavy atom. The van der Waals surface area contributed by atoms with Gasteiger partial charge in [-0.05, 0) is 79.3 Å². The number of rotatable bonds is 7. The number of fused-ring (bicyclic) bond motifs is 1. The highest BCUT2D eigenvalue weighted by molar-refractivity contribution is 5.86. The maximum absolute atomic E-state index is 10.6. The second kappa shape index (κ2) is 12.7. The van der Waals surface area contributed by atoms with Crippen LogP contribution in [0.3, 0.4) is 0 Å². The molecule has 3 aromatic carbocycles. The van der Waals surface area contributed by atoms with Gasteiger partial charge in [-0.25, -0.2) is 4.79 Å². The van der Waals surface area contributed by atoms with Crippen molar-refractivity contribution in [3.63, 3.8) is 0 Å². The average Bonchev–Trinajstić information content (AvgIpc) is 2.88. The lowest BCUT2D eigenvalue weighted by atomic mass is 9.95. The number of ether oxygens (including phenoxy) is 1. The van der Waals surface area contributed by atoms with Crippen LogP contribution in [0.15, 0.2) is 66.7 Å². The summed E-state index contributed by atoms with van der Waals surface area (Å²) < 4.78 is 37.0. The van der Waals surface area contributed by atoms with Crippen molar-refractivity contribution in [2.24, 2.45) is 5.92 Å². The Morgan fingerprint density at radius 3 is 2.28 bits per heavy atom. The molecule has 1 saturated heterocycles. The minimum absolute atomic E-state index is 0.374. The zero-order chi connectivity index (χ0) is 26.1. The number of alkyl halides is 3. The van der Waals surface area contributed by atoms with E-state index in [0.29, 0.717) is 6.04 Å². The summed E-state index contributed by atoms with van der Waals surface area (Å²) in [5, 5.41) is 13.6. The molecule has 1 aliphatic heterocycles. The molecule has 0 aromatic heterocycles. The van der Waals surface area contributed by atoms with Crippen molar-refractivity contribution >= 4 is 16.7 Å². The minimum Gasteiger partial charge on any atom is -0.497 e. The first-order chi connectivity index (χ1) is 17.2. The quantitative estimate of drug-likeness (QED) is 0.412. The van der Waals surface area contributed by atoms with Crippen molar-refractivity contribution in [1.82, 2.24) is 10.2 Å². The summed E-state index contributed by atoms with van der Waals surface area (Å²) in [5.74, 6) is -1.06. The molecule has 3 aromatic rings. The fraction of sp³-hybridized carbons (Fsp3) is 0.393. The largest absolute Gasteiger partial charge is 0.497 e. The lowest BCUT2D eigenvalue weighted by molar-refractivity contribution is -0.192. The number of aliphatic carboxylic acids is 1. The second-order valence-electron chi connectivity index (χ2n) is 9.07. The summed E-state index contributed by atoms with van der Waals surface area (Å²) in [4.78, 5) is 11.5. The van der Waals surface area contributed by atoms with E-state index < -0.39 is 12.1 Å². The summed E-state index contributed by atoms with van der Waals surface area (Å²) in [6, 6.07) is 24.2. The summed E-state index contributed by atoms with van der Waals surface area (Å²) in [5.41, 5.74) is 2.77. The molecule has 194 valence electrons. The third-order valence-electron chi connectivity index (χ3n) is 6.52. The minimum atomic E-state index is -5.08. The number of carboxylic acids is 1. The predicted octanol–water partition coefficient (Wildman–Crippen LogP) is 6.04. The topological polar surface area (TPSA) is 61.8 Å². The Labute approximate surface area is 209 Å². The van der Waals surface area contributed by atoms with Gasteiger partial charge in [0, 0.05) is 12.6 Å². The number of nitrogens with zero attached hydrogens (tertiary/aromatic N) is 1. The van der Waals surface area contributed by atoms with Gasteiger partial charge < -0.3 is 15.2 Å². The van der Waals surface area contributed by atoms with E-state index in [-0.39, 0.29) is 0 Å². The number of hydrogen-bond acceptors (Lipinski definition) is 4. The van der Waals surface area contributed by atoms with Crippen molar-refractivity contribution in [3.05, 3.63) is 77.9 Å². The van der Waals surface area contributed by atoms with Crippen LogP contribution in [0.5, 0.6) is 5.75 Å². The Hall–Kier alpha value is -3.10. The van der Waals surface area contributed by atoms with Crippen LogP contribution >= 0.6 is 0 Å². The number of piperidine rings is 1. The van der Waals surface area contributed by atoms with Gasteiger partial charge in [-0.3, -0.25) is 4.90 Å². The highest BCUT2D eigenvalue weighted by atomic mass is 19.4. The lowest BCUT2D eigenvalue weighted by Gasteiger charge is -2.32. The van der Waals surface area contributed by atoms with E-state index in [4.69, 9.17) is 14.6 Å². The van der Waals surface area contributed by atoms with Crippen LogP contribution in [-0.4, -0.2) is 48.9 Å². The van der Waals surface area contributed by atoms with E-state index in [0.717, 1.165) is 24.8 Å². The molecule has 0 spiro atoms. The summed E-state index contributed by atoms with van der Waals surface area (Å²) >= 11 is 0. The third kappa shape index (κ3) is 7.96. The number of likely N-dealkylation sites (tertiary alicyclic amines) is 1. The highest BCUT2D eigenvalue weighted by Crippen LogP contribution is 2.25. The van der Waals surface area contributed by atoms with Crippen LogP contribution < -0.4 is 10.1 Å². The van der Waals surface area contributed by atoms with Gasteiger partial charge >= 0.3 is 12.1 Å². The van der Waals surface area contributed by atoms with E-state index in [1.165, 1.54) is 47.8 Å². The maximum atomic E-state index is 10.6. The first-order valence-electron chi connectivity index (χ1n) is 12.0. The zero-order valence-electron chi connectivity index (χ0n) is 20.6. The van der Waals surface area contributed by atoms with Crippen LogP contribution in [0, 0.1) is 5.92 Å². The first-order valence-corrected chi connectivity index (χ1v) is 12.0. The van der Waals surface area contributed by atoms with Crippen LogP contribution in [0.1, 0.15) is 36.9 Å². The van der Waals surface area contributed by atoms with Gasteiger partial charge in [0.05, 0.1) is 7.11 Å². The van der Waals surface area contributed by atoms with Gasteiger partial charge in [0.1, 0.15) is 5.75 Å². The second-order valence-corrected chi connectivity index (χ2v) is 9.07. The average molecular weight is 503 g/mol. The number of methoxy groups -OCH3 is 1. The van der Waals surface area contributed by atoms with Crippen LogP contribution in [0.25, 0.3) is 10.8 Å². The molecule has 8 heteroatoms. The molecule has 1 unspecified atom stereocenters. The molecule has 1 fully saturated rings. The van der Waals surface area contributed by atoms with Gasteiger partial charge in [-0.2, -0.15) is 13.2 Å². The van der Waals surface area contributed by atoms with Crippen molar-refractivity contribution in [2.75, 3.05) is 26.7 Å². The molecule has 36 heavy (non-hydrogen) atoms. The molecule has 0 radical (unpaired) electrons. The van der Waals surface area contributed by atoms with Crippen LogP contribution in [0.4, 0.5) is 13.2 Å². The number of halogens is 3. The predicted molar refractivity (Wildman–Crippen MR) is 135 cm³/mol. The molecule has 5 nitrogen and oxygen atoms in total. The number of carbonyl (C=O) groups is 1. The molecular weight excluding hydrogens is 469 g/mol. The molecule has 1 heterocycles. The van der Waals surface area contributed by atoms with Gasteiger partial charge in [0.25, 0.3) is 0 Å². The van der Waals surface area contributed by atoms with E-state index >= 15 is 0 Å². The molecule has 0 aliphatic carbocycles. The summed E-state index contributed by atoms with van der Waals surface area (Å²) in [7, 11) is 1.72. The Balaban J connectivity index is 0.000000454. The standard InChI is InChI=1S/C26H32N2O.C2HF3O2/c1-20(25-9-5-7-23-6-3-4-8-26(23)25)27-18-21-14-16-28(17-15-21)19-22-10-12-24(29-2)13-11-22;3-2(4,5)1(6)7/h3-13,20-21,27H,14-19H2,1-2H3;(H,6,7). The van der Waals surface area contributed by atoms with Gasteiger partial charge in [0.2, 0.25) is 0 Å². The van der Waals surface area contributed by atoms with Crippen molar-refractivity contribution in [3.8, 4) is 5.75 Å². The molecule has 0 saturated carbocycles. The van der Waals surface area contributed by atoms with E-state index in [9.17, 15) is 13.2 Å². The van der Waals surface area contributed by atoms with Gasteiger partial charge in [0.15, 0.2) is 0 Å². The molecular formula is C28H33F3N2O3. The highest BCUT2D eigenvalue weighted by Gasteiger charge is 2.38. The molecule has 2 N–H and O–H groups in total. The normalized spacial score (nSPS) is 15.7. The third-order valence-corrected chi connectivity index (χ3v) is 6.52. The van der Waals surface area contributed by atoms with Crippen molar-refractivity contribution < 1.29 is 27.8 Å². The van der Waals surface area contributed by atoms with Crippen molar-refractivity contribution in [2.45, 2.75) is 38.5 Å². The fourth-order valence-corrected chi connectivity index (χ4v) is 4.42. The number of hydrogen-bond donors (Lipinski definition) is 2. The number of carboxylic acid groups (broad SMARTS) is 1. The lowest BCUT2D eigenvalue weighted by Crippen LogP contribution is -2.37. The first kappa shape index (κ1) is 27.5. The molecule has 0 bridgehead atoms. The SMILES string of the molecule is COc1ccc(CN2CCC(CNC(C)c3cccc4ccccc34)CC2)cc1.O=C(O)C(F)(F)F. The van der Waals surface area contributed by atoms with Gasteiger partial charge in [-0.15, -0.1) is 0 Å². The molecule has 0 amide bonds. The molecule has 1 aliphatic rings. The monoisotopic (exact) mass is 502 g/mol. The summed E-state index contributed by atoms with van der Waals surface area (Å²) in [6.45, 7) is 6.79. The van der Waals surface area contributed by atoms with Crippen LogP contribution in [0.2, 0.25) is 0 Å². The van der Waals surface area contributed by atoms with Crippen LogP contribution in [-0.2, 0) is 11.3 Å². The molecule has 1 atom stereocenters. The maximum Gasteiger partial charge on any atom is 0.490 e. The fourth-order valence-electron chi connectivity index (χ4n) is 4.42. The molecule has 4 rings (SSSR count). The summed E-state index contributed by atoms with van der Waals surface area (Å²) in [6.07, 6.45) is -2.54. The number of nitrogens with one attached hydrogen (secondary N) is 1. The number of benzene rings is 3. The zero-order valence-corrected chi connectivity index (χ0v) is 20.6. The van der Waals surface area contributed by atoms with E-state index in [2.05, 4.69) is 83.9 Å². The smallest absolute Gasteiger partial charge is 0.490 e. The Kier molecular flexibility index (Phi) is 9.73. The van der Waals surface area contributed by atoms with Gasteiger partial charge in [-0.1, -0.05) is 54.6 Å². The Morgan fingerprint density at radius 1 is 1.06 bits per heavy atom. The van der Waals surface area contributed by atoms with E-state index in [1.807, 2.05) is 0 Å². The van der Waals surface area contributed by atoms with E-state index in [1.54, 1.807) is 7.11 Å². The van der Waals surface area contributed by atoms with Crippen molar-refractivity contribution in [1.29, 1.82) is 0 Å². The Bertz CT molecular complexity index is 1110.